The third-order valence-corrected chi connectivity index (χ3v) is 5.95. The normalized spacial score (nSPS) is 18.3. The fourth-order valence-corrected chi connectivity index (χ4v) is 4.46. The Morgan fingerprint density at radius 3 is 1.65 bits per heavy atom. The van der Waals surface area contributed by atoms with E-state index in [0.29, 0.717) is 18.4 Å². The maximum absolute atomic E-state index is 13.5. The molecule has 3 aromatic carbocycles. The van der Waals surface area contributed by atoms with Crippen molar-refractivity contribution in [1.29, 1.82) is 0 Å². The summed E-state index contributed by atoms with van der Waals surface area (Å²) in [5.74, 6) is -0.0139. The molecule has 0 aromatic heterocycles. The van der Waals surface area contributed by atoms with Crippen LogP contribution in [0.5, 0.6) is 0 Å². The topological polar surface area (TPSA) is 46.6 Å². The van der Waals surface area contributed by atoms with E-state index < -0.39 is 5.60 Å². The summed E-state index contributed by atoms with van der Waals surface area (Å²) in [5, 5.41) is 0. The summed E-state index contributed by atoms with van der Waals surface area (Å²) in [6.07, 6.45) is 2.56. The third kappa shape index (κ3) is 5.63. The summed E-state index contributed by atoms with van der Waals surface area (Å²) in [6.45, 7) is 5.65. The molecule has 4 nitrogen and oxygen atoms in total. The van der Waals surface area contributed by atoms with Crippen LogP contribution in [0.3, 0.4) is 0 Å². The molecule has 1 amide bonds. The van der Waals surface area contributed by atoms with Gasteiger partial charge in [0, 0.05) is 5.56 Å². The van der Waals surface area contributed by atoms with Crippen LogP contribution in [0.25, 0.3) is 0 Å². The first-order valence-corrected chi connectivity index (χ1v) is 11.7. The van der Waals surface area contributed by atoms with Crippen LogP contribution in [0.2, 0.25) is 0 Å². The molecule has 4 rings (SSSR count). The number of nitrogens with zero attached hydrogens (tertiary/aromatic N) is 1. The van der Waals surface area contributed by atoms with Crippen LogP contribution in [0.15, 0.2) is 103 Å². The van der Waals surface area contributed by atoms with Crippen molar-refractivity contribution in [2.45, 2.75) is 51.3 Å². The highest BCUT2D eigenvalue weighted by molar-refractivity contribution is 6.04. The van der Waals surface area contributed by atoms with Gasteiger partial charge in [0.25, 0.3) is 0 Å². The number of hydrogen-bond donors (Lipinski definition) is 0. The SMILES string of the molecule is CC(C)(C)OC(=O)N1[C@H](c2ccccc2)CC(=CC(=O)c2ccccc2)C[C@H]1c1ccccc1. The predicted octanol–water partition coefficient (Wildman–Crippen LogP) is 7.31. The van der Waals surface area contributed by atoms with E-state index in [1.807, 2.05) is 117 Å². The first kappa shape index (κ1) is 23.5. The van der Waals surface area contributed by atoms with E-state index in [-0.39, 0.29) is 24.0 Å². The molecule has 3 aromatic rings. The fourth-order valence-electron chi connectivity index (χ4n) is 4.46. The number of carbonyl (C=O) groups is 2. The first-order valence-electron chi connectivity index (χ1n) is 11.7. The summed E-state index contributed by atoms with van der Waals surface area (Å²) >= 11 is 0. The monoisotopic (exact) mass is 453 g/mol. The van der Waals surface area contributed by atoms with Crippen molar-refractivity contribution in [2.24, 2.45) is 0 Å². The molecule has 4 heteroatoms. The van der Waals surface area contributed by atoms with Gasteiger partial charge in [-0.25, -0.2) is 4.79 Å². The molecule has 0 radical (unpaired) electrons. The molecular formula is C30H31NO3. The van der Waals surface area contributed by atoms with Gasteiger partial charge in [-0.1, -0.05) is 96.6 Å². The van der Waals surface area contributed by atoms with Gasteiger partial charge in [-0.05, 0) is 50.8 Å². The van der Waals surface area contributed by atoms with Gasteiger partial charge in [0.2, 0.25) is 0 Å². The highest BCUT2D eigenvalue weighted by Gasteiger charge is 2.40. The maximum atomic E-state index is 13.5. The van der Waals surface area contributed by atoms with Crippen LogP contribution >= 0.6 is 0 Å². The summed E-state index contributed by atoms with van der Waals surface area (Å²) in [4.78, 5) is 28.4. The zero-order valence-corrected chi connectivity index (χ0v) is 20.0. The average Bonchev–Trinajstić information content (AvgIpc) is 2.84. The summed E-state index contributed by atoms with van der Waals surface area (Å²) < 4.78 is 5.87. The number of ketones is 1. The lowest BCUT2D eigenvalue weighted by atomic mass is 9.84. The predicted molar refractivity (Wildman–Crippen MR) is 135 cm³/mol. The number of allylic oxidation sites excluding steroid dienone is 1. The molecule has 1 fully saturated rings. The molecule has 174 valence electrons. The van der Waals surface area contributed by atoms with Crippen molar-refractivity contribution in [3.63, 3.8) is 0 Å². The van der Waals surface area contributed by atoms with E-state index in [2.05, 4.69) is 0 Å². The minimum atomic E-state index is -0.612. The van der Waals surface area contributed by atoms with Crippen LogP contribution in [0.4, 0.5) is 4.79 Å². The Morgan fingerprint density at radius 2 is 1.21 bits per heavy atom. The second kappa shape index (κ2) is 10.1. The largest absolute Gasteiger partial charge is 0.444 e. The Morgan fingerprint density at radius 1 is 0.765 bits per heavy atom. The summed E-state index contributed by atoms with van der Waals surface area (Å²) in [7, 11) is 0. The zero-order chi connectivity index (χ0) is 24.1. The lowest BCUT2D eigenvalue weighted by molar-refractivity contribution is -0.00111. The van der Waals surface area contributed by atoms with Crippen molar-refractivity contribution < 1.29 is 14.3 Å². The minimum Gasteiger partial charge on any atom is -0.444 e. The van der Waals surface area contributed by atoms with Crippen LogP contribution in [-0.2, 0) is 4.74 Å². The van der Waals surface area contributed by atoms with Gasteiger partial charge in [-0.2, -0.15) is 0 Å². The molecule has 0 unspecified atom stereocenters. The average molecular weight is 454 g/mol. The summed E-state index contributed by atoms with van der Waals surface area (Å²) in [6, 6.07) is 28.8. The number of amides is 1. The molecule has 1 aliphatic rings. The van der Waals surface area contributed by atoms with Gasteiger partial charge in [0.1, 0.15) is 5.60 Å². The van der Waals surface area contributed by atoms with E-state index in [1.54, 1.807) is 6.08 Å². The van der Waals surface area contributed by atoms with E-state index in [9.17, 15) is 9.59 Å². The third-order valence-electron chi connectivity index (χ3n) is 5.95. The van der Waals surface area contributed by atoms with Gasteiger partial charge in [0.15, 0.2) is 5.78 Å². The molecule has 1 aliphatic heterocycles. The second-order valence-electron chi connectivity index (χ2n) is 9.68. The Balaban J connectivity index is 1.78. The Bertz CT molecular complexity index is 1100. The quantitative estimate of drug-likeness (QED) is 0.307. The molecule has 34 heavy (non-hydrogen) atoms. The van der Waals surface area contributed by atoms with Crippen LogP contribution in [0.1, 0.15) is 67.2 Å². The molecular weight excluding hydrogens is 422 g/mol. The van der Waals surface area contributed by atoms with E-state index in [0.717, 1.165) is 16.7 Å². The van der Waals surface area contributed by atoms with Crippen molar-refractivity contribution >= 4 is 11.9 Å². The van der Waals surface area contributed by atoms with Gasteiger partial charge in [-0.15, -0.1) is 0 Å². The van der Waals surface area contributed by atoms with Gasteiger partial charge in [-0.3, -0.25) is 9.69 Å². The van der Waals surface area contributed by atoms with Crippen molar-refractivity contribution in [3.05, 3.63) is 119 Å². The zero-order valence-electron chi connectivity index (χ0n) is 20.0. The van der Waals surface area contributed by atoms with Gasteiger partial charge >= 0.3 is 6.09 Å². The van der Waals surface area contributed by atoms with Gasteiger partial charge < -0.3 is 4.74 Å². The standard InChI is InChI=1S/C30H31NO3/c1-30(2,3)34-29(33)31-26(23-13-7-4-8-14-23)19-22(20-27(31)24-15-9-5-10-16-24)21-28(32)25-17-11-6-12-18-25/h4-18,21,26-27H,19-20H2,1-3H3/t26-,27-/m0/s1. The molecule has 0 bridgehead atoms. The van der Waals surface area contributed by atoms with Crippen LogP contribution < -0.4 is 0 Å². The maximum Gasteiger partial charge on any atom is 0.411 e. The highest BCUT2D eigenvalue weighted by atomic mass is 16.6. The molecule has 0 saturated carbocycles. The number of benzene rings is 3. The minimum absolute atomic E-state index is 0.0139. The van der Waals surface area contributed by atoms with Crippen molar-refractivity contribution in [2.75, 3.05) is 0 Å². The second-order valence-corrected chi connectivity index (χ2v) is 9.68. The van der Waals surface area contributed by atoms with Crippen molar-refractivity contribution in [1.82, 2.24) is 4.90 Å². The number of piperidine rings is 1. The molecule has 0 N–H and O–H groups in total. The van der Waals surface area contributed by atoms with Gasteiger partial charge in [0.05, 0.1) is 12.1 Å². The summed E-state index contributed by atoms with van der Waals surface area (Å²) in [5.41, 5.74) is 3.12. The number of carbonyl (C=O) groups excluding carboxylic acids is 2. The number of likely N-dealkylation sites (tertiary alicyclic amines) is 1. The van der Waals surface area contributed by atoms with E-state index in [1.165, 1.54) is 0 Å². The Labute approximate surface area is 201 Å². The fraction of sp³-hybridized carbons (Fsp3) is 0.267. The van der Waals surface area contributed by atoms with E-state index >= 15 is 0 Å². The number of ether oxygens (including phenoxy) is 1. The first-order chi connectivity index (χ1) is 16.3. The lowest BCUT2D eigenvalue weighted by Gasteiger charge is -2.44. The number of rotatable bonds is 4. The molecule has 1 heterocycles. The Hall–Kier alpha value is -3.66. The van der Waals surface area contributed by atoms with Crippen LogP contribution in [-0.4, -0.2) is 22.4 Å². The molecule has 1 saturated heterocycles. The van der Waals surface area contributed by atoms with Crippen molar-refractivity contribution in [3.8, 4) is 0 Å². The lowest BCUT2D eigenvalue weighted by Crippen LogP contribution is -2.44. The van der Waals surface area contributed by atoms with Crippen LogP contribution in [0, 0.1) is 0 Å². The smallest absolute Gasteiger partial charge is 0.411 e. The molecule has 0 aliphatic carbocycles. The van der Waals surface area contributed by atoms with E-state index in [4.69, 9.17) is 4.74 Å². The Kier molecular flexibility index (Phi) is 6.97. The highest BCUT2D eigenvalue weighted by Crippen LogP contribution is 2.45. The number of hydrogen-bond acceptors (Lipinski definition) is 3. The molecule has 0 spiro atoms. The molecule has 2 atom stereocenters.